The second kappa shape index (κ2) is 5.63. The van der Waals surface area contributed by atoms with Gasteiger partial charge in [0.1, 0.15) is 0 Å². The molecule has 2 heteroatoms. The fourth-order valence-electron chi connectivity index (χ4n) is 0.579. The topological polar surface area (TPSA) is 21.3 Å². The lowest BCUT2D eigenvalue weighted by molar-refractivity contribution is 0.187. The van der Waals surface area contributed by atoms with Gasteiger partial charge in [-0.25, -0.2) is 0 Å². The molecule has 0 heterocycles. The van der Waals surface area contributed by atoms with Crippen molar-refractivity contribution in [3.8, 4) is 0 Å². The van der Waals surface area contributed by atoms with Gasteiger partial charge in [0, 0.05) is 19.8 Å². The van der Waals surface area contributed by atoms with E-state index < -0.39 is 0 Å². The van der Waals surface area contributed by atoms with Crippen LogP contribution in [0, 0.1) is 0 Å². The van der Waals surface area contributed by atoms with Crippen LogP contribution < -0.4 is 5.32 Å². The van der Waals surface area contributed by atoms with Crippen LogP contribution in [0.3, 0.4) is 0 Å². The Bertz CT molecular complexity index is 73.3. The van der Waals surface area contributed by atoms with Gasteiger partial charge in [-0.3, -0.25) is 0 Å². The van der Waals surface area contributed by atoms with E-state index in [1.165, 1.54) is 0 Å². The summed E-state index contributed by atoms with van der Waals surface area (Å²) < 4.78 is 4.88. The van der Waals surface area contributed by atoms with Gasteiger partial charge in [0.2, 0.25) is 0 Å². The number of ether oxygens (including phenoxy) is 1. The molecule has 0 radical (unpaired) electrons. The smallest absolute Gasteiger partial charge is 0.0481 e. The predicted octanol–water partition coefficient (Wildman–Crippen LogP) is 1.14. The summed E-state index contributed by atoms with van der Waals surface area (Å²) in [6.45, 7) is 6.46. The predicted molar refractivity (Wildman–Crippen MR) is 39.3 cm³/mol. The Hall–Kier alpha value is -0.500. The minimum absolute atomic E-state index is 0.474. The Morgan fingerprint density at radius 2 is 2.44 bits per heavy atom. The molecule has 0 aromatic carbocycles. The third-order valence-corrected chi connectivity index (χ3v) is 1.16. The number of hydrogen-bond acceptors (Lipinski definition) is 2. The van der Waals surface area contributed by atoms with Crippen molar-refractivity contribution in [3.63, 3.8) is 0 Å². The summed E-state index contributed by atoms with van der Waals surface area (Å²) in [5, 5.41) is 3.06. The Kier molecular flexibility index (Phi) is 5.32. The molecule has 0 aromatic rings. The molecular weight excluding hydrogens is 114 g/mol. The van der Waals surface area contributed by atoms with E-state index in [9.17, 15) is 0 Å². The molecule has 0 aliphatic carbocycles. The second-order valence-electron chi connectivity index (χ2n) is 2.05. The first-order valence-electron chi connectivity index (χ1n) is 3.17. The Morgan fingerprint density at radius 1 is 1.78 bits per heavy atom. The molecule has 1 atom stereocenters. The highest BCUT2D eigenvalue weighted by Gasteiger charge is 1.94. The van der Waals surface area contributed by atoms with Gasteiger partial charge in [-0.1, -0.05) is 6.58 Å². The Labute approximate surface area is 56.9 Å². The highest BCUT2D eigenvalue weighted by Crippen LogP contribution is 1.88. The lowest BCUT2D eigenvalue weighted by Gasteiger charge is -2.09. The van der Waals surface area contributed by atoms with Crippen LogP contribution in [0.4, 0.5) is 0 Å². The van der Waals surface area contributed by atoms with E-state index in [0.717, 1.165) is 13.0 Å². The van der Waals surface area contributed by atoms with E-state index in [-0.39, 0.29) is 0 Å². The van der Waals surface area contributed by atoms with Crippen molar-refractivity contribution in [1.29, 1.82) is 0 Å². The van der Waals surface area contributed by atoms with Crippen molar-refractivity contribution in [2.24, 2.45) is 0 Å². The normalized spacial score (nSPS) is 12.7. The molecule has 2 nitrogen and oxygen atoms in total. The van der Waals surface area contributed by atoms with Crippen LogP contribution in [0.2, 0.25) is 0 Å². The summed E-state index contributed by atoms with van der Waals surface area (Å²) >= 11 is 0. The number of hydrogen-bond donors (Lipinski definition) is 1. The Morgan fingerprint density at radius 3 is 2.89 bits per heavy atom. The van der Waals surface area contributed by atoms with Gasteiger partial charge in [0.05, 0.1) is 0 Å². The number of methoxy groups -OCH3 is 1. The summed E-state index contributed by atoms with van der Waals surface area (Å²) in [5.41, 5.74) is 0. The lowest BCUT2D eigenvalue weighted by atomic mass is 10.2. The van der Waals surface area contributed by atoms with Crippen LogP contribution in [0.15, 0.2) is 12.8 Å². The van der Waals surface area contributed by atoms with Crippen molar-refractivity contribution >= 4 is 0 Å². The summed E-state index contributed by atoms with van der Waals surface area (Å²) in [5.74, 6) is 0. The average molecular weight is 129 g/mol. The van der Waals surface area contributed by atoms with Gasteiger partial charge >= 0.3 is 0 Å². The molecule has 0 amide bonds. The summed E-state index contributed by atoms with van der Waals surface area (Å²) in [6.07, 6.45) is 2.74. The molecule has 9 heavy (non-hydrogen) atoms. The molecule has 0 aliphatic rings. The van der Waals surface area contributed by atoms with E-state index in [1.54, 1.807) is 13.3 Å². The molecule has 0 rings (SSSR count). The zero-order valence-electron chi connectivity index (χ0n) is 6.18. The maximum absolute atomic E-state index is 4.88. The molecule has 1 unspecified atom stereocenters. The molecule has 0 saturated carbocycles. The van der Waals surface area contributed by atoms with Crippen molar-refractivity contribution in [3.05, 3.63) is 12.8 Å². The zero-order chi connectivity index (χ0) is 7.11. The second-order valence-corrected chi connectivity index (χ2v) is 2.05. The van der Waals surface area contributed by atoms with Crippen LogP contribution >= 0.6 is 0 Å². The molecular formula is C7H15NO. The fraction of sp³-hybridized carbons (Fsp3) is 0.714. The van der Waals surface area contributed by atoms with Crippen LogP contribution in [0.1, 0.15) is 13.3 Å². The maximum Gasteiger partial charge on any atom is 0.0481 e. The van der Waals surface area contributed by atoms with Crippen molar-refractivity contribution in [2.75, 3.05) is 13.7 Å². The highest BCUT2D eigenvalue weighted by atomic mass is 16.5. The monoisotopic (exact) mass is 129 g/mol. The molecule has 0 fully saturated rings. The minimum atomic E-state index is 0.474. The van der Waals surface area contributed by atoms with E-state index in [4.69, 9.17) is 4.74 Å². The molecule has 0 bridgehead atoms. The largest absolute Gasteiger partial charge is 0.389 e. The standard InChI is InChI=1S/C7H15NO/c1-4-8-7(2)5-6-9-3/h4,7-8H,1,5-6H2,2-3H3. The summed E-state index contributed by atoms with van der Waals surface area (Å²) in [6, 6.07) is 0.474. The summed E-state index contributed by atoms with van der Waals surface area (Å²) in [4.78, 5) is 0. The van der Waals surface area contributed by atoms with Crippen LogP contribution in [-0.4, -0.2) is 19.8 Å². The number of rotatable bonds is 5. The lowest BCUT2D eigenvalue weighted by Crippen LogP contribution is -2.21. The quantitative estimate of drug-likeness (QED) is 0.601. The van der Waals surface area contributed by atoms with Crippen LogP contribution in [-0.2, 0) is 4.74 Å². The van der Waals surface area contributed by atoms with Crippen molar-refractivity contribution in [2.45, 2.75) is 19.4 Å². The van der Waals surface area contributed by atoms with E-state index in [1.807, 2.05) is 0 Å². The molecule has 54 valence electrons. The summed E-state index contributed by atoms with van der Waals surface area (Å²) in [7, 11) is 1.71. The van der Waals surface area contributed by atoms with Gasteiger partial charge in [-0.2, -0.15) is 0 Å². The van der Waals surface area contributed by atoms with Crippen molar-refractivity contribution in [1.82, 2.24) is 5.32 Å². The first kappa shape index (κ1) is 8.50. The number of nitrogens with one attached hydrogen (secondary N) is 1. The van der Waals surface area contributed by atoms with Gasteiger partial charge in [0.15, 0.2) is 0 Å². The maximum atomic E-state index is 4.88. The fourth-order valence-corrected chi connectivity index (χ4v) is 0.579. The molecule has 1 N–H and O–H groups in total. The third-order valence-electron chi connectivity index (χ3n) is 1.16. The molecule has 0 saturated heterocycles. The van der Waals surface area contributed by atoms with E-state index >= 15 is 0 Å². The first-order chi connectivity index (χ1) is 4.31. The Balaban J connectivity index is 3.04. The van der Waals surface area contributed by atoms with Crippen molar-refractivity contribution < 1.29 is 4.74 Å². The van der Waals surface area contributed by atoms with Gasteiger partial charge in [-0.15, -0.1) is 0 Å². The SMILES string of the molecule is C=CNC(C)CCOC. The first-order valence-corrected chi connectivity index (χ1v) is 3.17. The van der Waals surface area contributed by atoms with Gasteiger partial charge in [0.25, 0.3) is 0 Å². The van der Waals surface area contributed by atoms with Gasteiger partial charge < -0.3 is 10.1 Å². The zero-order valence-corrected chi connectivity index (χ0v) is 6.18. The van der Waals surface area contributed by atoms with Crippen LogP contribution in [0.25, 0.3) is 0 Å². The third kappa shape index (κ3) is 5.37. The van der Waals surface area contributed by atoms with E-state index in [2.05, 4.69) is 18.8 Å². The average Bonchev–Trinajstić information content (AvgIpc) is 1.85. The minimum Gasteiger partial charge on any atom is -0.389 e. The highest BCUT2D eigenvalue weighted by molar-refractivity contribution is 4.69. The van der Waals surface area contributed by atoms with Crippen LogP contribution in [0.5, 0.6) is 0 Å². The van der Waals surface area contributed by atoms with Gasteiger partial charge in [-0.05, 0) is 19.5 Å². The molecule has 0 spiro atoms. The molecule has 0 aliphatic heterocycles. The molecule has 0 aromatic heterocycles. The van der Waals surface area contributed by atoms with E-state index in [0.29, 0.717) is 6.04 Å².